The van der Waals surface area contributed by atoms with Crippen LogP contribution in [-0.4, -0.2) is 37.4 Å². The first-order chi connectivity index (χ1) is 10.3. The van der Waals surface area contributed by atoms with Crippen molar-refractivity contribution in [1.29, 1.82) is 0 Å². The van der Waals surface area contributed by atoms with E-state index in [9.17, 15) is 18.4 Å². The molecule has 1 heterocycles. The number of methoxy groups -OCH3 is 1. The summed E-state index contributed by atoms with van der Waals surface area (Å²) in [5.41, 5.74) is 0.853. The van der Waals surface area contributed by atoms with Gasteiger partial charge in [0, 0.05) is 25.1 Å². The highest BCUT2D eigenvalue weighted by Crippen LogP contribution is 2.29. The third kappa shape index (κ3) is 5.04. The molecule has 1 atom stereocenters. The van der Waals surface area contributed by atoms with Crippen LogP contribution >= 0.6 is 12.4 Å². The molecule has 0 aromatic heterocycles. The third-order valence-electron chi connectivity index (χ3n) is 3.21. The average Bonchev–Trinajstić information content (AvgIpc) is 2.80. The van der Waals surface area contributed by atoms with Crippen LogP contribution in [0.1, 0.15) is 13.3 Å². The Hall–Kier alpha value is -1.93. The number of nitrogens with one attached hydrogen (secondary N) is 3. The Balaban J connectivity index is 0.00000264. The number of hydrogen-bond donors (Lipinski definition) is 3. The minimum atomic E-state index is -2.87. The third-order valence-corrected chi connectivity index (χ3v) is 3.21. The quantitative estimate of drug-likeness (QED) is 0.777. The molecule has 0 saturated carbocycles. The van der Waals surface area contributed by atoms with Gasteiger partial charge in [0.2, 0.25) is 11.8 Å². The van der Waals surface area contributed by atoms with Gasteiger partial charge in [0.1, 0.15) is 5.75 Å². The lowest BCUT2D eigenvalue weighted by atomic mass is 10.1. The van der Waals surface area contributed by atoms with E-state index in [0.717, 1.165) is 0 Å². The van der Waals surface area contributed by atoms with Crippen molar-refractivity contribution >= 4 is 35.6 Å². The minimum Gasteiger partial charge on any atom is -0.494 e. The summed E-state index contributed by atoms with van der Waals surface area (Å²) in [6.45, 7) is 0.858. The Morgan fingerprint density at radius 1 is 1.35 bits per heavy atom. The number of hydrogen-bond acceptors (Lipinski definition) is 4. The molecular formula is C14H18ClF2N3O3. The van der Waals surface area contributed by atoms with Crippen LogP contribution < -0.4 is 20.7 Å². The van der Waals surface area contributed by atoms with Crippen molar-refractivity contribution in [2.24, 2.45) is 0 Å². The number of alkyl halides is 2. The second-order valence-electron chi connectivity index (χ2n) is 5.08. The predicted molar refractivity (Wildman–Crippen MR) is 84.5 cm³/mol. The fourth-order valence-electron chi connectivity index (χ4n) is 2.19. The smallest absolute Gasteiger partial charge is 0.262 e. The molecule has 2 amide bonds. The normalized spacial score (nSPS) is 18.7. The molecule has 1 fully saturated rings. The van der Waals surface area contributed by atoms with Crippen LogP contribution in [0.3, 0.4) is 0 Å². The Morgan fingerprint density at radius 3 is 2.57 bits per heavy atom. The van der Waals surface area contributed by atoms with Crippen LogP contribution in [0, 0.1) is 0 Å². The molecule has 0 radical (unpaired) electrons. The number of anilines is 2. The van der Waals surface area contributed by atoms with Crippen molar-refractivity contribution in [2.45, 2.75) is 25.3 Å². The molecule has 0 bridgehead atoms. The first kappa shape index (κ1) is 19.1. The maximum atomic E-state index is 13.1. The molecule has 1 unspecified atom stereocenters. The second-order valence-corrected chi connectivity index (χ2v) is 5.08. The topological polar surface area (TPSA) is 79.5 Å². The van der Waals surface area contributed by atoms with Crippen molar-refractivity contribution in [3.63, 3.8) is 0 Å². The van der Waals surface area contributed by atoms with Gasteiger partial charge in [-0.25, -0.2) is 8.78 Å². The molecule has 23 heavy (non-hydrogen) atoms. The van der Waals surface area contributed by atoms with Gasteiger partial charge < -0.3 is 15.4 Å². The SMILES string of the molecule is COc1cc(NC(=O)C2CC(F)(F)CN2)ccc1NC(C)=O.Cl. The molecule has 1 aromatic rings. The van der Waals surface area contributed by atoms with Crippen LogP contribution in [0.4, 0.5) is 20.2 Å². The fraction of sp³-hybridized carbons (Fsp3) is 0.429. The fourth-order valence-corrected chi connectivity index (χ4v) is 2.19. The number of amides is 2. The molecule has 128 valence electrons. The van der Waals surface area contributed by atoms with E-state index in [0.29, 0.717) is 17.1 Å². The van der Waals surface area contributed by atoms with Crippen molar-refractivity contribution in [2.75, 3.05) is 24.3 Å². The lowest BCUT2D eigenvalue weighted by Gasteiger charge is -2.14. The van der Waals surface area contributed by atoms with Crippen molar-refractivity contribution in [3.8, 4) is 5.75 Å². The van der Waals surface area contributed by atoms with Gasteiger partial charge in [-0.2, -0.15) is 0 Å². The standard InChI is InChI=1S/C14H17F2N3O3.ClH/c1-8(20)18-10-4-3-9(5-12(10)22-2)19-13(21)11-6-14(15,16)7-17-11;/h3-5,11,17H,6-7H2,1-2H3,(H,18,20)(H,19,21);1H. The van der Waals surface area contributed by atoms with Crippen LogP contribution in [0.5, 0.6) is 5.75 Å². The van der Waals surface area contributed by atoms with E-state index in [2.05, 4.69) is 16.0 Å². The summed E-state index contributed by atoms with van der Waals surface area (Å²) in [5.74, 6) is -3.30. The van der Waals surface area contributed by atoms with E-state index in [-0.39, 0.29) is 18.3 Å². The molecule has 3 N–H and O–H groups in total. The lowest BCUT2D eigenvalue weighted by Crippen LogP contribution is -2.35. The Kier molecular flexibility index (Phi) is 6.28. The molecule has 2 rings (SSSR count). The number of ether oxygens (including phenoxy) is 1. The highest BCUT2D eigenvalue weighted by atomic mass is 35.5. The van der Waals surface area contributed by atoms with Crippen molar-refractivity contribution in [3.05, 3.63) is 18.2 Å². The van der Waals surface area contributed by atoms with Gasteiger partial charge in [0.15, 0.2) is 0 Å². The van der Waals surface area contributed by atoms with E-state index in [1.165, 1.54) is 20.1 Å². The summed E-state index contributed by atoms with van der Waals surface area (Å²) in [7, 11) is 1.42. The average molecular weight is 350 g/mol. The molecule has 1 aromatic carbocycles. The minimum absolute atomic E-state index is 0. The lowest BCUT2D eigenvalue weighted by molar-refractivity contribution is -0.118. The molecule has 0 spiro atoms. The number of rotatable bonds is 4. The van der Waals surface area contributed by atoms with E-state index in [4.69, 9.17) is 4.74 Å². The van der Waals surface area contributed by atoms with Crippen LogP contribution in [0.25, 0.3) is 0 Å². The molecule has 1 saturated heterocycles. The zero-order valence-corrected chi connectivity index (χ0v) is 13.4. The summed E-state index contributed by atoms with van der Waals surface area (Å²) in [6, 6.07) is 3.69. The summed E-state index contributed by atoms with van der Waals surface area (Å²) in [5, 5.41) is 7.61. The maximum Gasteiger partial charge on any atom is 0.262 e. The molecule has 0 aliphatic carbocycles. The summed E-state index contributed by atoms with van der Waals surface area (Å²) >= 11 is 0. The number of benzene rings is 1. The van der Waals surface area contributed by atoms with Crippen molar-refractivity contribution in [1.82, 2.24) is 5.32 Å². The van der Waals surface area contributed by atoms with E-state index in [1.807, 2.05) is 0 Å². The molecule has 1 aliphatic rings. The molecular weight excluding hydrogens is 332 g/mol. The zero-order chi connectivity index (χ0) is 16.3. The van der Waals surface area contributed by atoms with Gasteiger partial charge in [0.25, 0.3) is 5.92 Å². The van der Waals surface area contributed by atoms with Gasteiger partial charge in [0.05, 0.1) is 25.4 Å². The Morgan fingerprint density at radius 2 is 2.04 bits per heavy atom. The number of halogens is 3. The summed E-state index contributed by atoms with van der Waals surface area (Å²) in [6.07, 6.45) is -0.528. The van der Waals surface area contributed by atoms with Gasteiger partial charge in [-0.05, 0) is 12.1 Å². The van der Waals surface area contributed by atoms with Gasteiger partial charge in [-0.15, -0.1) is 12.4 Å². The molecule has 1 aliphatic heterocycles. The van der Waals surface area contributed by atoms with Crippen molar-refractivity contribution < 1.29 is 23.1 Å². The van der Waals surface area contributed by atoms with E-state index in [1.54, 1.807) is 12.1 Å². The number of carbonyl (C=O) groups is 2. The summed E-state index contributed by atoms with van der Waals surface area (Å²) < 4.78 is 31.3. The van der Waals surface area contributed by atoms with Crippen LogP contribution in [0.2, 0.25) is 0 Å². The van der Waals surface area contributed by atoms with Gasteiger partial charge in [-0.3, -0.25) is 14.9 Å². The van der Waals surface area contributed by atoms with E-state index < -0.39 is 30.8 Å². The molecule has 6 nitrogen and oxygen atoms in total. The molecule has 9 heteroatoms. The van der Waals surface area contributed by atoms with E-state index >= 15 is 0 Å². The first-order valence-electron chi connectivity index (χ1n) is 6.68. The second kappa shape index (κ2) is 7.56. The maximum absolute atomic E-state index is 13.1. The largest absolute Gasteiger partial charge is 0.494 e. The Labute approximate surface area is 138 Å². The van der Waals surface area contributed by atoms with Crippen LogP contribution in [-0.2, 0) is 9.59 Å². The first-order valence-corrected chi connectivity index (χ1v) is 6.68. The van der Waals surface area contributed by atoms with Gasteiger partial charge >= 0.3 is 0 Å². The summed E-state index contributed by atoms with van der Waals surface area (Å²) in [4.78, 5) is 23.0. The van der Waals surface area contributed by atoms with Crippen LogP contribution in [0.15, 0.2) is 18.2 Å². The number of carbonyl (C=O) groups excluding carboxylic acids is 2. The highest BCUT2D eigenvalue weighted by Gasteiger charge is 2.42. The monoisotopic (exact) mass is 349 g/mol. The predicted octanol–water partition coefficient (Wildman–Crippen LogP) is 2.01. The van der Waals surface area contributed by atoms with Gasteiger partial charge in [-0.1, -0.05) is 0 Å². The highest BCUT2D eigenvalue weighted by molar-refractivity contribution is 5.96. The zero-order valence-electron chi connectivity index (χ0n) is 12.6. The Bertz CT molecular complexity index is 599.